The molecule has 0 bridgehead atoms. The molecule has 0 saturated carbocycles. The first-order valence-corrected chi connectivity index (χ1v) is 7.26. The highest BCUT2D eigenvalue weighted by Gasteiger charge is 2.19. The largest absolute Gasteiger partial charge is 0.326 e. The highest BCUT2D eigenvalue weighted by atomic mass is 32.2. The Balaban J connectivity index is 2.44. The summed E-state index contributed by atoms with van der Waals surface area (Å²) in [5.74, 6) is 1.43. The number of rotatable bonds is 4. The molecule has 104 valence electrons. The minimum Gasteiger partial charge on any atom is -0.326 e. The Morgan fingerprint density at radius 3 is 2.58 bits per heavy atom. The van der Waals surface area contributed by atoms with Crippen LogP contribution in [-0.4, -0.2) is 32.7 Å². The topological polar surface area (TPSA) is 109 Å². The minimum atomic E-state index is -3.80. The molecule has 0 fully saturated rings. The van der Waals surface area contributed by atoms with Gasteiger partial charge in [0.25, 0.3) is 10.0 Å². The fourth-order valence-corrected chi connectivity index (χ4v) is 2.24. The molecule has 0 unspecified atom stereocenters. The van der Waals surface area contributed by atoms with Crippen LogP contribution in [-0.2, 0) is 23.6 Å². The Kier molecular flexibility index (Phi) is 3.42. The van der Waals surface area contributed by atoms with Gasteiger partial charge in [-0.2, -0.15) is 5.10 Å². The summed E-state index contributed by atoms with van der Waals surface area (Å²) in [6.07, 6.45) is 2.88. The lowest BCUT2D eigenvalue weighted by Gasteiger charge is -2.09. The average molecular weight is 284 g/mol. The predicted octanol–water partition coefficient (Wildman–Crippen LogP) is -0.169. The van der Waals surface area contributed by atoms with Gasteiger partial charge in [0.05, 0.1) is 6.54 Å². The van der Waals surface area contributed by atoms with Crippen LogP contribution in [0.3, 0.4) is 0 Å². The Labute approximate surface area is 111 Å². The smallest absolute Gasteiger partial charge is 0.257 e. The first-order chi connectivity index (χ1) is 8.79. The normalized spacial score (nSPS) is 12.3. The molecule has 0 aliphatic rings. The molecule has 2 rings (SSSR count). The van der Waals surface area contributed by atoms with Crippen LogP contribution < -0.4 is 5.14 Å². The van der Waals surface area contributed by atoms with Crippen molar-refractivity contribution in [3.05, 3.63) is 24.2 Å². The Morgan fingerprint density at radius 2 is 2.11 bits per heavy atom. The van der Waals surface area contributed by atoms with Gasteiger partial charge in [-0.1, -0.05) is 13.8 Å². The van der Waals surface area contributed by atoms with Crippen LogP contribution in [0.4, 0.5) is 0 Å². The Bertz CT molecular complexity index is 685. The Hall–Kier alpha value is -1.74. The molecule has 2 N–H and O–H groups in total. The molecule has 0 atom stereocenters. The maximum absolute atomic E-state index is 11.4. The Morgan fingerprint density at radius 1 is 1.42 bits per heavy atom. The van der Waals surface area contributed by atoms with Crippen LogP contribution in [0.25, 0.3) is 0 Å². The van der Waals surface area contributed by atoms with Gasteiger partial charge < -0.3 is 4.57 Å². The summed E-state index contributed by atoms with van der Waals surface area (Å²) in [5, 5.41) is 8.95. The molecule has 0 aliphatic carbocycles. The molecule has 0 aliphatic heterocycles. The van der Waals surface area contributed by atoms with Crippen LogP contribution >= 0.6 is 0 Å². The summed E-state index contributed by atoms with van der Waals surface area (Å²) in [7, 11) is -2.03. The van der Waals surface area contributed by atoms with Crippen LogP contribution in [0.5, 0.6) is 0 Å². The van der Waals surface area contributed by atoms with Crippen molar-refractivity contribution in [3.8, 4) is 0 Å². The average Bonchev–Trinajstić information content (AvgIpc) is 2.86. The van der Waals surface area contributed by atoms with Gasteiger partial charge in [0.2, 0.25) is 0 Å². The zero-order valence-electron chi connectivity index (χ0n) is 11.0. The molecule has 0 amide bonds. The van der Waals surface area contributed by atoms with E-state index in [2.05, 4.69) is 15.1 Å². The van der Waals surface area contributed by atoms with Gasteiger partial charge >= 0.3 is 0 Å². The van der Waals surface area contributed by atoms with Gasteiger partial charge in [0.1, 0.15) is 18.0 Å². The number of primary sulfonamides is 1. The van der Waals surface area contributed by atoms with Gasteiger partial charge in [-0.05, 0) is 0 Å². The number of aryl methyl sites for hydroxylation is 1. The maximum atomic E-state index is 11.4. The van der Waals surface area contributed by atoms with E-state index in [1.165, 1.54) is 12.5 Å². The van der Waals surface area contributed by atoms with Crippen LogP contribution in [0.2, 0.25) is 0 Å². The maximum Gasteiger partial charge on any atom is 0.257 e. The predicted molar refractivity (Wildman–Crippen MR) is 67.8 cm³/mol. The molecule has 2 heterocycles. The van der Waals surface area contributed by atoms with Crippen molar-refractivity contribution < 1.29 is 8.42 Å². The van der Waals surface area contributed by atoms with Crippen molar-refractivity contribution in [1.29, 1.82) is 0 Å². The fraction of sp³-hybridized carbons (Fsp3) is 0.500. The SMILES string of the molecule is CC(C)c1nc(S(N)(=O)=O)cn1Cc1ncnn1C. The van der Waals surface area contributed by atoms with Gasteiger partial charge in [-0.25, -0.2) is 23.5 Å². The highest BCUT2D eigenvalue weighted by Crippen LogP contribution is 2.17. The number of imidazole rings is 1. The van der Waals surface area contributed by atoms with E-state index in [0.29, 0.717) is 18.2 Å². The second-order valence-corrected chi connectivity index (χ2v) is 6.07. The summed E-state index contributed by atoms with van der Waals surface area (Å²) in [6, 6.07) is 0. The number of hydrogen-bond donors (Lipinski definition) is 1. The van der Waals surface area contributed by atoms with E-state index in [1.54, 1.807) is 16.3 Å². The molecule has 0 aromatic carbocycles. The summed E-state index contributed by atoms with van der Waals surface area (Å²) in [5.41, 5.74) is 0. The van der Waals surface area contributed by atoms with Crippen molar-refractivity contribution in [2.24, 2.45) is 12.2 Å². The molecule has 0 saturated heterocycles. The number of hydrogen-bond acceptors (Lipinski definition) is 5. The first kappa shape index (κ1) is 13.7. The van der Waals surface area contributed by atoms with Gasteiger partial charge in [0, 0.05) is 19.2 Å². The second kappa shape index (κ2) is 4.74. The van der Waals surface area contributed by atoms with E-state index in [-0.39, 0.29) is 10.9 Å². The monoisotopic (exact) mass is 284 g/mol. The standard InChI is InChI=1S/C10H16N6O2S/c1-7(2)10-14-9(19(11,17)18)5-16(10)4-8-12-6-13-15(8)3/h5-7H,4H2,1-3H3,(H2,11,17,18). The lowest BCUT2D eigenvalue weighted by molar-refractivity contribution is 0.594. The van der Waals surface area contributed by atoms with Gasteiger partial charge in [-0.3, -0.25) is 4.68 Å². The molecule has 0 spiro atoms. The summed E-state index contributed by atoms with van der Waals surface area (Å²) >= 11 is 0. The summed E-state index contributed by atoms with van der Waals surface area (Å²) < 4.78 is 26.1. The minimum absolute atomic E-state index is 0.0729. The quantitative estimate of drug-likeness (QED) is 0.838. The van der Waals surface area contributed by atoms with Gasteiger partial charge in [0.15, 0.2) is 5.03 Å². The van der Waals surface area contributed by atoms with E-state index >= 15 is 0 Å². The third kappa shape index (κ3) is 2.82. The van der Waals surface area contributed by atoms with Crippen LogP contribution in [0.1, 0.15) is 31.4 Å². The van der Waals surface area contributed by atoms with Crippen LogP contribution in [0, 0.1) is 0 Å². The molecular formula is C10H16N6O2S. The van der Waals surface area contributed by atoms with Crippen molar-refractivity contribution in [3.63, 3.8) is 0 Å². The zero-order valence-corrected chi connectivity index (χ0v) is 11.8. The third-order valence-electron chi connectivity index (χ3n) is 2.71. The number of aromatic nitrogens is 5. The fourth-order valence-electron chi connectivity index (χ4n) is 1.75. The number of sulfonamides is 1. The zero-order chi connectivity index (χ0) is 14.2. The van der Waals surface area contributed by atoms with E-state index in [0.717, 1.165) is 0 Å². The molecule has 19 heavy (non-hydrogen) atoms. The number of nitrogens with zero attached hydrogens (tertiary/aromatic N) is 5. The summed E-state index contributed by atoms with van der Waals surface area (Å²) in [6.45, 7) is 4.26. The summed E-state index contributed by atoms with van der Waals surface area (Å²) in [4.78, 5) is 8.19. The molecular weight excluding hydrogens is 268 g/mol. The van der Waals surface area contributed by atoms with E-state index < -0.39 is 10.0 Å². The first-order valence-electron chi connectivity index (χ1n) is 5.71. The molecule has 0 radical (unpaired) electrons. The van der Waals surface area contributed by atoms with E-state index in [1.807, 2.05) is 13.8 Å². The molecule has 2 aromatic rings. The van der Waals surface area contributed by atoms with Crippen molar-refractivity contribution >= 4 is 10.0 Å². The van der Waals surface area contributed by atoms with E-state index in [9.17, 15) is 8.42 Å². The van der Waals surface area contributed by atoms with Crippen molar-refractivity contribution in [2.45, 2.75) is 31.3 Å². The molecule has 9 heteroatoms. The molecule has 8 nitrogen and oxygen atoms in total. The van der Waals surface area contributed by atoms with Crippen LogP contribution in [0.15, 0.2) is 17.6 Å². The van der Waals surface area contributed by atoms with Gasteiger partial charge in [-0.15, -0.1) is 0 Å². The lowest BCUT2D eigenvalue weighted by Crippen LogP contribution is -2.12. The van der Waals surface area contributed by atoms with Crippen molar-refractivity contribution in [1.82, 2.24) is 24.3 Å². The molecule has 2 aromatic heterocycles. The van der Waals surface area contributed by atoms with Crippen molar-refractivity contribution in [2.75, 3.05) is 0 Å². The second-order valence-electron chi connectivity index (χ2n) is 4.56. The van der Waals surface area contributed by atoms with E-state index in [4.69, 9.17) is 5.14 Å². The lowest BCUT2D eigenvalue weighted by atomic mass is 10.2. The third-order valence-corrected chi connectivity index (χ3v) is 3.49. The highest BCUT2D eigenvalue weighted by molar-refractivity contribution is 7.89. The number of nitrogens with two attached hydrogens (primary N) is 1.